The molecule has 3 heteroatoms. The summed E-state index contributed by atoms with van der Waals surface area (Å²) in [5.74, 6) is -0.194. The van der Waals surface area contributed by atoms with Crippen molar-refractivity contribution in [3.05, 3.63) is 11.6 Å². The van der Waals surface area contributed by atoms with Crippen LogP contribution in [-0.2, 0) is 9.53 Å². The van der Waals surface area contributed by atoms with Crippen LogP contribution in [0.2, 0.25) is 0 Å². The van der Waals surface area contributed by atoms with Crippen LogP contribution in [0.15, 0.2) is 11.6 Å². The maximum Gasteiger partial charge on any atom is 0.326 e. The number of methoxy groups -OCH3 is 1. The van der Waals surface area contributed by atoms with Crippen molar-refractivity contribution in [1.29, 1.82) is 0 Å². The summed E-state index contributed by atoms with van der Waals surface area (Å²) >= 11 is 0. The molecule has 0 saturated heterocycles. The van der Waals surface area contributed by atoms with Crippen LogP contribution in [-0.4, -0.2) is 37.6 Å². The number of likely N-dealkylation sites (N-methyl/N-ethyl adjacent to an activating group) is 1. The molecule has 0 saturated carbocycles. The third kappa shape index (κ3) is 3.14. The molecular formula is C11H21NO2. The first-order chi connectivity index (χ1) is 6.34. The highest BCUT2D eigenvalue weighted by atomic mass is 16.5. The molecule has 0 rings (SSSR count). The third-order valence-corrected chi connectivity index (χ3v) is 2.52. The summed E-state index contributed by atoms with van der Waals surface area (Å²) in [5.41, 5.74) is 0.647. The molecule has 0 radical (unpaired) electrons. The molecule has 0 heterocycles. The second-order valence-electron chi connectivity index (χ2n) is 4.15. The van der Waals surface area contributed by atoms with E-state index in [1.807, 2.05) is 39.8 Å². The van der Waals surface area contributed by atoms with Crippen LogP contribution in [0.3, 0.4) is 0 Å². The van der Waals surface area contributed by atoms with Gasteiger partial charge in [-0.25, -0.2) is 0 Å². The van der Waals surface area contributed by atoms with Crippen molar-refractivity contribution in [1.82, 2.24) is 4.90 Å². The molecule has 1 unspecified atom stereocenters. The van der Waals surface area contributed by atoms with E-state index in [0.717, 1.165) is 0 Å². The van der Waals surface area contributed by atoms with Crippen LogP contribution >= 0.6 is 0 Å². The molecule has 3 nitrogen and oxygen atoms in total. The van der Waals surface area contributed by atoms with Gasteiger partial charge in [0.25, 0.3) is 0 Å². The Hall–Kier alpha value is -0.830. The SMILES string of the molecule is COC(=O)C(C)(CC=C(C)C)N(C)C. The van der Waals surface area contributed by atoms with Gasteiger partial charge in [-0.2, -0.15) is 0 Å². The number of carbonyl (C=O) groups excluding carboxylic acids is 1. The number of hydrogen-bond donors (Lipinski definition) is 0. The Balaban J connectivity index is 4.73. The normalized spacial score (nSPS) is 14.8. The van der Waals surface area contributed by atoms with E-state index in [1.165, 1.54) is 12.7 Å². The third-order valence-electron chi connectivity index (χ3n) is 2.52. The van der Waals surface area contributed by atoms with Gasteiger partial charge < -0.3 is 4.74 Å². The summed E-state index contributed by atoms with van der Waals surface area (Å²) in [6.07, 6.45) is 2.73. The standard InChI is InChI=1S/C11H21NO2/c1-9(2)7-8-11(3,12(4)5)10(13)14-6/h7H,8H2,1-6H3. The van der Waals surface area contributed by atoms with Crippen LogP contribution in [0, 0.1) is 0 Å². The van der Waals surface area contributed by atoms with Crippen molar-refractivity contribution in [2.45, 2.75) is 32.7 Å². The van der Waals surface area contributed by atoms with Gasteiger partial charge in [0.2, 0.25) is 0 Å². The fraction of sp³-hybridized carbons (Fsp3) is 0.727. The quantitative estimate of drug-likeness (QED) is 0.511. The summed E-state index contributed by atoms with van der Waals surface area (Å²) in [6.45, 7) is 5.93. The average molecular weight is 199 g/mol. The van der Waals surface area contributed by atoms with Gasteiger partial charge in [-0.15, -0.1) is 0 Å². The first kappa shape index (κ1) is 13.2. The van der Waals surface area contributed by atoms with Gasteiger partial charge in [0.15, 0.2) is 0 Å². The number of carbonyl (C=O) groups is 1. The summed E-state index contributed by atoms with van der Waals surface area (Å²) in [6, 6.07) is 0. The lowest BCUT2D eigenvalue weighted by molar-refractivity contribution is -0.152. The van der Waals surface area contributed by atoms with Crippen molar-refractivity contribution < 1.29 is 9.53 Å². The van der Waals surface area contributed by atoms with E-state index in [2.05, 4.69) is 6.08 Å². The molecule has 14 heavy (non-hydrogen) atoms. The predicted octanol–water partition coefficient (Wildman–Crippen LogP) is 1.84. The average Bonchev–Trinajstić information content (AvgIpc) is 2.12. The van der Waals surface area contributed by atoms with Crippen molar-refractivity contribution in [3.8, 4) is 0 Å². The molecule has 0 aliphatic carbocycles. The topological polar surface area (TPSA) is 29.5 Å². The van der Waals surface area contributed by atoms with Gasteiger partial charge in [-0.1, -0.05) is 11.6 Å². The number of ether oxygens (including phenoxy) is 1. The summed E-state index contributed by atoms with van der Waals surface area (Å²) < 4.78 is 4.80. The summed E-state index contributed by atoms with van der Waals surface area (Å²) in [5, 5.41) is 0. The summed E-state index contributed by atoms with van der Waals surface area (Å²) in [7, 11) is 5.19. The minimum atomic E-state index is -0.563. The lowest BCUT2D eigenvalue weighted by Crippen LogP contribution is -2.48. The van der Waals surface area contributed by atoms with Crippen LogP contribution in [0.5, 0.6) is 0 Å². The smallest absolute Gasteiger partial charge is 0.326 e. The Morgan fingerprint density at radius 1 is 1.43 bits per heavy atom. The van der Waals surface area contributed by atoms with E-state index in [1.54, 1.807) is 0 Å². The van der Waals surface area contributed by atoms with Crippen LogP contribution < -0.4 is 0 Å². The van der Waals surface area contributed by atoms with Crippen molar-refractivity contribution in [2.75, 3.05) is 21.2 Å². The van der Waals surface area contributed by atoms with E-state index in [-0.39, 0.29) is 5.97 Å². The molecular weight excluding hydrogens is 178 g/mol. The lowest BCUT2D eigenvalue weighted by atomic mass is 9.95. The number of allylic oxidation sites excluding steroid dienone is 1. The van der Waals surface area contributed by atoms with Gasteiger partial charge >= 0.3 is 5.97 Å². The van der Waals surface area contributed by atoms with Crippen LogP contribution in [0.1, 0.15) is 27.2 Å². The molecule has 0 aromatic heterocycles. The van der Waals surface area contributed by atoms with E-state index in [4.69, 9.17) is 4.74 Å². The Morgan fingerprint density at radius 3 is 2.21 bits per heavy atom. The van der Waals surface area contributed by atoms with E-state index in [9.17, 15) is 4.79 Å². The first-order valence-electron chi connectivity index (χ1n) is 4.74. The van der Waals surface area contributed by atoms with Crippen molar-refractivity contribution >= 4 is 5.97 Å². The molecule has 0 aromatic rings. The monoisotopic (exact) mass is 199 g/mol. The molecule has 0 fully saturated rings. The summed E-state index contributed by atoms with van der Waals surface area (Å²) in [4.78, 5) is 13.5. The molecule has 0 aliphatic rings. The molecule has 1 atom stereocenters. The molecule has 0 N–H and O–H groups in total. The minimum absolute atomic E-state index is 0.194. The van der Waals surface area contributed by atoms with Crippen molar-refractivity contribution in [2.24, 2.45) is 0 Å². The van der Waals surface area contributed by atoms with Gasteiger partial charge in [-0.05, 0) is 41.3 Å². The highest BCUT2D eigenvalue weighted by Crippen LogP contribution is 2.19. The van der Waals surface area contributed by atoms with Crippen LogP contribution in [0.25, 0.3) is 0 Å². The zero-order valence-corrected chi connectivity index (χ0v) is 10.0. The van der Waals surface area contributed by atoms with Gasteiger partial charge in [0.05, 0.1) is 7.11 Å². The predicted molar refractivity (Wildman–Crippen MR) is 58.2 cm³/mol. The largest absolute Gasteiger partial charge is 0.468 e. The van der Waals surface area contributed by atoms with Crippen molar-refractivity contribution in [3.63, 3.8) is 0 Å². The number of esters is 1. The molecule has 82 valence electrons. The molecule has 0 bridgehead atoms. The number of rotatable bonds is 4. The Bertz CT molecular complexity index is 229. The molecule has 0 aromatic carbocycles. The van der Waals surface area contributed by atoms with E-state index >= 15 is 0 Å². The molecule has 0 spiro atoms. The van der Waals surface area contributed by atoms with Gasteiger partial charge in [0.1, 0.15) is 5.54 Å². The zero-order valence-electron chi connectivity index (χ0n) is 10.0. The fourth-order valence-corrected chi connectivity index (χ4v) is 1.07. The second kappa shape index (κ2) is 5.15. The first-order valence-corrected chi connectivity index (χ1v) is 4.74. The highest BCUT2D eigenvalue weighted by molar-refractivity contribution is 5.80. The van der Waals surface area contributed by atoms with Gasteiger partial charge in [-0.3, -0.25) is 9.69 Å². The van der Waals surface area contributed by atoms with Crippen LogP contribution in [0.4, 0.5) is 0 Å². The maximum atomic E-state index is 11.6. The van der Waals surface area contributed by atoms with E-state index < -0.39 is 5.54 Å². The maximum absolute atomic E-state index is 11.6. The number of nitrogens with zero attached hydrogens (tertiary/aromatic N) is 1. The minimum Gasteiger partial charge on any atom is -0.468 e. The Labute approximate surface area is 86.7 Å². The number of hydrogen-bond acceptors (Lipinski definition) is 3. The second-order valence-corrected chi connectivity index (χ2v) is 4.15. The van der Waals surface area contributed by atoms with E-state index in [0.29, 0.717) is 6.42 Å². The molecule has 0 amide bonds. The fourth-order valence-electron chi connectivity index (χ4n) is 1.07. The lowest BCUT2D eigenvalue weighted by Gasteiger charge is -2.32. The molecule has 0 aliphatic heterocycles. The Kier molecular flexibility index (Phi) is 4.85. The highest BCUT2D eigenvalue weighted by Gasteiger charge is 2.35. The Morgan fingerprint density at radius 2 is 1.93 bits per heavy atom. The van der Waals surface area contributed by atoms with Gasteiger partial charge in [0, 0.05) is 0 Å². The zero-order chi connectivity index (χ0) is 11.4.